The van der Waals surface area contributed by atoms with Gasteiger partial charge in [0.15, 0.2) is 0 Å². The van der Waals surface area contributed by atoms with Crippen LogP contribution in [0.4, 0.5) is 11.4 Å². The number of thiocarbonyl (C=S) groups is 1. The zero-order chi connectivity index (χ0) is 29.4. The van der Waals surface area contributed by atoms with E-state index in [4.69, 9.17) is 17.0 Å². The van der Waals surface area contributed by atoms with Gasteiger partial charge in [0.1, 0.15) is 20.4 Å². The van der Waals surface area contributed by atoms with Crippen molar-refractivity contribution in [2.24, 2.45) is 0 Å². The lowest BCUT2D eigenvalue weighted by Gasteiger charge is -2.27. The Balaban J connectivity index is 1.44. The lowest BCUT2D eigenvalue weighted by atomic mass is 9.96. The SMILES string of the molecule is CCCCN1C(=O)/C(=c2\s/c(=C/c3ccc4c(c3)C3CCCC3N4c3ccccc3)c(=O)n2CC(=O)OCC)SC1=S. The summed E-state index contributed by atoms with van der Waals surface area (Å²) in [5.74, 6) is -0.279. The number of ether oxygens (including phenoxy) is 1. The molecule has 0 spiro atoms. The summed E-state index contributed by atoms with van der Waals surface area (Å²) < 4.78 is 7.92. The van der Waals surface area contributed by atoms with Gasteiger partial charge in [-0.3, -0.25) is 23.9 Å². The number of fused-ring (bicyclic) bond motifs is 3. The monoisotopic (exact) mass is 619 g/mol. The first-order chi connectivity index (χ1) is 20.4. The maximum Gasteiger partial charge on any atom is 0.326 e. The second kappa shape index (κ2) is 12.2. The third-order valence-corrected chi connectivity index (χ3v) is 10.8. The van der Waals surface area contributed by atoms with Gasteiger partial charge in [-0.1, -0.05) is 68.0 Å². The average molecular weight is 620 g/mol. The lowest BCUT2D eigenvalue weighted by molar-refractivity contribution is -0.143. The Hall–Kier alpha value is -3.21. The number of amides is 1. The quantitative estimate of drug-likeness (QED) is 0.264. The fourth-order valence-electron chi connectivity index (χ4n) is 6.24. The molecule has 42 heavy (non-hydrogen) atoms. The maximum absolute atomic E-state index is 13.7. The van der Waals surface area contributed by atoms with Crippen LogP contribution in [0.2, 0.25) is 0 Å². The van der Waals surface area contributed by atoms with Crippen molar-refractivity contribution < 1.29 is 14.3 Å². The predicted molar refractivity (Wildman–Crippen MR) is 174 cm³/mol. The fraction of sp³-hybridized carbons (Fsp3) is 0.375. The number of esters is 1. The Morgan fingerprint density at radius 1 is 1.12 bits per heavy atom. The highest BCUT2D eigenvalue weighted by molar-refractivity contribution is 8.30. The Labute approximate surface area is 258 Å². The van der Waals surface area contributed by atoms with E-state index in [1.165, 1.54) is 51.0 Å². The highest BCUT2D eigenvalue weighted by Crippen LogP contribution is 2.52. The minimum Gasteiger partial charge on any atom is -0.465 e. The van der Waals surface area contributed by atoms with Gasteiger partial charge in [-0.2, -0.15) is 0 Å². The molecular formula is C32H33N3O4S3. The van der Waals surface area contributed by atoms with Crippen molar-refractivity contribution in [1.82, 2.24) is 9.47 Å². The molecule has 2 aliphatic heterocycles. The van der Waals surface area contributed by atoms with Crippen molar-refractivity contribution in [3.63, 3.8) is 0 Å². The molecule has 2 aromatic carbocycles. The van der Waals surface area contributed by atoms with Gasteiger partial charge >= 0.3 is 5.97 Å². The summed E-state index contributed by atoms with van der Waals surface area (Å²) >= 11 is 7.94. The molecule has 0 bridgehead atoms. The highest BCUT2D eigenvalue weighted by Gasteiger charge is 2.42. The van der Waals surface area contributed by atoms with Gasteiger partial charge < -0.3 is 9.64 Å². The number of hydrogen-bond acceptors (Lipinski definition) is 8. The third kappa shape index (κ3) is 5.24. The van der Waals surface area contributed by atoms with Crippen LogP contribution in [0.15, 0.2) is 53.3 Å². The molecule has 0 radical (unpaired) electrons. The second-order valence-corrected chi connectivity index (χ2v) is 13.4. The first-order valence-corrected chi connectivity index (χ1v) is 16.6. The van der Waals surface area contributed by atoms with E-state index in [1.807, 2.05) is 12.1 Å². The van der Waals surface area contributed by atoms with Crippen LogP contribution in [-0.2, 0) is 20.9 Å². The van der Waals surface area contributed by atoms with Gasteiger partial charge in [-0.05, 0) is 67.7 Å². The molecular weight excluding hydrogens is 587 g/mol. The Morgan fingerprint density at radius 2 is 1.93 bits per heavy atom. The van der Waals surface area contributed by atoms with Gasteiger partial charge in [0.2, 0.25) is 0 Å². The number of carbonyl (C=O) groups is 2. The summed E-state index contributed by atoms with van der Waals surface area (Å²) in [4.78, 5) is 44.1. The molecule has 2 atom stereocenters. The van der Waals surface area contributed by atoms with E-state index in [0.717, 1.165) is 31.2 Å². The average Bonchev–Trinajstić information content (AvgIpc) is 3.72. The van der Waals surface area contributed by atoms with Crippen molar-refractivity contribution in [3.05, 3.63) is 79.2 Å². The Kier molecular flexibility index (Phi) is 8.38. The predicted octanol–water partition coefficient (Wildman–Crippen LogP) is 4.86. The molecule has 3 aliphatic rings. The molecule has 1 aromatic heterocycles. The number of aromatic nitrogens is 1. The number of rotatable bonds is 8. The number of hydrogen-bond donors (Lipinski definition) is 0. The summed E-state index contributed by atoms with van der Waals surface area (Å²) in [6.07, 6.45) is 7.14. The number of thioether (sulfide) groups is 1. The van der Waals surface area contributed by atoms with Crippen LogP contribution in [-0.4, -0.2) is 44.9 Å². The molecule has 1 aliphatic carbocycles. The molecule has 218 valence electrons. The van der Waals surface area contributed by atoms with Gasteiger partial charge in [0, 0.05) is 29.9 Å². The molecule has 3 aromatic rings. The summed E-state index contributed by atoms with van der Waals surface area (Å²) in [5, 5.41) is 0. The van der Waals surface area contributed by atoms with Crippen LogP contribution in [0, 0.1) is 0 Å². The van der Waals surface area contributed by atoms with Crippen molar-refractivity contribution in [1.29, 1.82) is 0 Å². The largest absolute Gasteiger partial charge is 0.465 e. The molecule has 1 saturated heterocycles. The summed E-state index contributed by atoms with van der Waals surface area (Å²) in [6, 6.07) is 17.4. The molecule has 10 heteroatoms. The summed E-state index contributed by atoms with van der Waals surface area (Å²) in [6.45, 7) is 4.28. The minimum atomic E-state index is -0.516. The van der Waals surface area contributed by atoms with Gasteiger partial charge in [0.05, 0.1) is 11.1 Å². The maximum atomic E-state index is 13.7. The number of anilines is 2. The van der Waals surface area contributed by atoms with Crippen molar-refractivity contribution in [3.8, 4) is 0 Å². The number of para-hydroxylation sites is 1. The zero-order valence-corrected chi connectivity index (χ0v) is 26.2. The van der Waals surface area contributed by atoms with Gasteiger partial charge in [0.25, 0.3) is 11.5 Å². The van der Waals surface area contributed by atoms with E-state index >= 15 is 0 Å². The van der Waals surface area contributed by atoms with Crippen LogP contribution in [0.3, 0.4) is 0 Å². The van der Waals surface area contributed by atoms with Crippen LogP contribution >= 0.6 is 35.3 Å². The molecule has 2 unspecified atom stereocenters. The molecule has 7 nitrogen and oxygen atoms in total. The normalized spacial score (nSPS) is 21.3. The summed E-state index contributed by atoms with van der Waals surface area (Å²) in [7, 11) is 0. The van der Waals surface area contributed by atoms with E-state index < -0.39 is 5.97 Å². The molecule has 2 fully saturated rings. The third-order valence-electron chi connectivity index (χ3n) is 8.13. The molecule has 6 rings (SSSR count). The van der Waals surface area contributed by atoms with Crippen molar-refractivity contribution >= 4 is 73.9 Å². The highest BCUT2D eigenvalue weighted by atomic mass is 32.2. The topological polar surface area (TPSA) is 71.9 Å². The Bertz CT molecular complexity index is 1730. The summed E-state index contributed by atoms with van der Waals surface area (Å²) in [5.41, 5.74) is 4.36. The first-order valence-electron chi connectivity index (χ1n) is 14.5. The molecule has 1 saturated carbocycles. The lowest BCUT2D eigenvalue weighted by Crippen LogP contribution is -2.36. The van der Waals surface area contributed by atoms with E-state index in [-0.39, 0.29) is 24.6 Å². The van der Waals surface area contributed by atoms with Crippen LogP contribution in [0.5, 0.6) is 0 Å². The van der Waals surface area contributed by atoms with Crippen molar-refractivity contribution in [2.45, 2.75) is 64.5 Å². The van der Waals surface area contributed by atoms with Crippen LogP contribution < -0.4 is 19.7 Å². The number of unbranched alkanes of at least 4 members (excludes halogenated alkanes) is 1. The number of nitrogens with zero attached hydrogens (tertiary/aromatic N) is 3. The standard InChI is InChI=1S/C32H33N3O4S3/c1-3-5-16-33-30(38)28(42-32(33)40)31-34(19-27(36)39-4-2)29(37)26(41-31)18-20-14-15-25-23(17-20)22-12-9-13-24(22)35(25)21-10-7-6-8-11-21/h6-8,10-11,14-15,17-18,22,24H,3-5,9,12-13,16,19H2,1-2H3/b26-18+,31-28+. The van der Waals surface area contributed by atoms with Crippen LogP contribution in [0.25, 0.3) is 11.0 Å². The molecule has 0 N–H and O–H groups in total. The van der Waals surface area contributed by atoms with Crippen molar-refractivity contribution in [2.75, 3.05) is 18.1 Å². The van der Waals surface area contributed by atoms with Gasteiger partial charge in [-0.15, -0.1) is 11.3 Å². The van der Waals surface area contributed by atoms with E-state index in [1.54, 1.807) is 11.8 Å². The zero-order valence-electron chi connectivity index (χ0n) is 23.7. The van der Waals surface area contributed by atoms with E-state index in [9.17, 15) is 14.4 Å². The number of benzene rings is 2. The minimum absolute atomic E-state index is 0.211. The molecule has 3 heterocycles. The van der Waals surface area contributed by atoms with E-state index in [0.29, 0.717) is 36.9 Å². The number of carbonyl (C=O) groups excluding carboxylic acids is 2. The fourth-order valence-corrected chi connectivity index (χ4v) is 8.81. The molecule has 1 amide bonds. The Morgan fingerprint density at radius 3 is 2.69 bits per heavy atom. The van der Waals surface area contributed by atoms with E-state index in [2.05, 4.69) is 54.3 Å². The number of thiazole rings is 1. The second-order valence-electron chi connectivity index (χ2n) is 10.7. The smallest absolute Gasteiger partial charge is 0.326 e. The van der Waals surface area contributed by atoms with Gasteiger partial charge in [-0.25, -0.2) is 0 Å². The van der Waals surface area contributed by atoms with Crippen LogP contribution in [0.1, 0.15) is 63.0 Å². The first kappa shape index (κ1) is 28.9.